The first-order valence-corrected chi connectivity index (χ1v) is 8.28. The van der Waals surface area contributed by atoms with Gasteiger partial charge in [0.2, 0.25) is 0 Å². The molecular formula is C14H16F6NP. The van der Waals surface area contributed by atoms with E-state index in [2.05, 4.69) is 53.8 Å². The van der Waals surface area contributed by atoms with Crippen molar-refractivity contribution >= 4 is 7.81 Å². The summed E-state index contributed by atoms with van der Waals surface area (Å²) >= 11 is 0. The van der Waals surface area contributed by atoms with Crippen LogP contribution in [0.5, 0.6) is 0 Å². The standard InChI is InChI=1S/C14H15N.F6P/c1-3-7-13(8-4-1)11-15-12-14-9-5-2-6-10-14;1-7(2,3,4,5)6/h1-10,15H,11-12H2;/q;-1/p+1. The van der Waals surface area contributed by atoms with E-state index in [4.69, 9.17) is 0 Å². The Bertz CT molecular complexity index is 523. The largest absolute Gasteiger partial charge is 1.00 e. The molecule has 0 unspecified atom stereocenters. The van der Waals surface area contributed by atoms with Crippen molar-refractivity contribution in [2.24, 2.45) is 0 Å². The summed E-state index contributed by atoms with van der Waals surface area (Å²) in [5, 5.41) is 3.42. The molecule has 0 aromatic heterocycles. The number of rotatable bonds is 4. The molecule has 0 saturated heterocycles. The zero-order valence-corrected chi connectivity index (χ0v) is 12.3. The van der Waals surface area contributed by atoms with Gasteiger partial charge in [-0.25, -0.2) is 0 Å². The average molecular weight is 343 g/mol. The van der Waals surface area contributed by atoms with Crippen LogP contribution in [-0.2, 0) is 13.1 Å². The first-order chi connectivity index (χ1) is 9.90. The van der Waals surface area contributed by atoms with Gasteiger partial charge in [0.05, 0.1) is 0 Å². The maximum Gasteiger partial charge on any atom is 1.00 e. The molecule has 0 heterocycles. The number of nitrogens with one attached hydrogen (secondary N) is 1. The second-order valence-corrected chi connectivity index (χ2v) is 6.45. The smallest absolute Gasteiger partial charge is 0.309 e. The number of hydrogen-bond donors (Lipinski definition) is 1. The summed E-state index contributed by atoms with van der Waals surface area (Å²) in [6.07, 6.45) is 0. The maximum atomic E-state index is 9.87. The summed E-state index contributed by atoms with van der Waals surface area (Å²) < 4.78 is 59.2. The Balaban J connectivity index is 0.000000522. The van der Waals surface area contributed by atoms with Crippen LogP contribution < -0.4 is 5.32 Å². The second-order valence-electron chi connectivity index (χ2n) is 4.53. The van der Waals surface area contributed by atoms with Gasteiger partial charge in [-0.15, -0.1) is 0 Å². The zero-order valence-electron chi connectivity index (χ0n) is 12.4. The van der Waals surface area contributed by atoms with E-state index in [0.717, 1.165) is 13.1 Å². The molecule has 0 fully saturated rings. The van der Waals surface area contributed by atoms with Gasteiger partial charge in [-0.1, -0.05) is 60.7 Å². The predicted octanol–water partition coefficient (Wildman–Crippen LogP) is 6.47. The summed E-state index contributed by atoms with van der Waals surface area (Å²) in [4.78, 5) is 0. The van der Waals surface area contributed by atoms with E-state index in [-0.39, 0.29) is 1.43 Å². The molecule has 2 aromatic carbocycles. The first kappa shape index (κ1) is 18.5. The summed E-state index contributed by atoms with van der Waals surface area (Å²) in [5.41, 5.74) is 2.65. The SMILES string of the molecule is F[P-](F)(F)(F)(F)F.[H+].c1ccc(CNCc2ccccc2)cc1. The van der Waals surface area contributed by atoms with Crippen LogP contribution in [0.1, 0.15) is 12.6 Å². The van der Waals surface area contributed by atoms with Crippen molar-refractivity contribution in [1.29, 1.82) is 0 Å². The minimum Gasteiger partial charge on any atom is -0.309 e. The van der Waals surface area contributed by atoms with E-state index in [1.807, 2.05) is 12.1 Å². The van der Waals surface area contributed by atoms with Gasteiger partial charge in [0.15, 0.2) is 0 Å². The molecule has 0 saturated carbocycles. The van der Waals surface area contributed by atoms with Crippen LogP contribution in [0.2, 0.25) is 0 Å². The third kappa shape index (κ3) is 13.4. The third-order valence-corrected chi connectivity index (χ3v) is 2.34. The van der Waals surface area contributed by atoms with Crippen LogP contribution in [0.25, 0.3) is 0 Å². The Morgan fingerprint density at radius 3 is 1.18 bits per heavy atom. The molecule has 22 heavy (non-hydrogen) atoms. The Morgan fingerprint density at radius 2 is 0.909 bits per heavy atom. The van der Waals surface area contributed by atoms with Crippen LogP contribution in [-0.4, -0.2) is 0 Å². The van der Waals surface area contributed by atoms with Gasteiger partial charge in [0.25, 0.3) is 0 Å². The molecular weight excluding hydrogens is 327 g/mol. The molecule has 0 aliphatic rings. The topological polar surface area (TPSA) is 12.0 Å². The minimum absolute atomic E-state index is 0. The fourth-order valence-corrected chi connectivity index (χ4v) is 1.54. The minimum atomic E-state index is -10.7. The zero-order chi connectivity index (χ0) is 16.8. The second kappa shape index (κ2) is 6.26. The Hall–Kier alpha value is -1.59. The predicted molar refractivity (Wildman–Crippen MR) is 78.1 cm³/mol. The first-order valence-electron chi connectivity index (χ1n) is 6.25. The summed E-state index contributed by atoms with van der Waals surface area (Å²) in [6, 6.07) is 20.9. The van der Waals surface area contributed by atoms with E-state index < -0.39 is 7.81 Å². The molecule has 1 nitrogen and oxygen atoms in total. The molecule has 0 radical (unpaired) electrons. The van der Waals surface area contributed by atoms with Crippen LogP contribution in [0.3, 0.4) is 0 Å². The van der Waals surface area contributed by atoms with Crippen LogP contribution in [0.15, 0.2) is 60.7 Å². The molecule has 0 spiro atoms. The van der Waals surface area contributed by atoms with Crippen molar-refractivity contribution in [2.45, 2.75) is 13.1 Å². The van der Waals surface area contributed by atoms with Crippen LogP contribution >= 0.6 is 7.81 Å². The quantitative estimate of drug-likeness (QED) is 0.495. The molecule has 2 aromatic rings. The molecule has 0 atom stereocenters. The molecule has 2 rings (SSSR count). The van der Waals surface area contributed by atoms with Gasteiger partial charge in [-0.05, 0) is 11.1 Å². The van der Waals surface area contributed by atoms with Crippen molar-refractivity contribution in [3.63, 3.8) is 0 Å². The molecule has 0 aliphatic heterocycles. The van der Waals surface area contributed by atoms with Crippen molar-refractivity contribution < 1.29 is 26.6 Å². The summed E-state index contributed by atoms with van der Waals surface area (Å²) in [6.45, 7) is 1.85. The molecule has 0 amide bonds. The van der Waals surface area contributed by atoms with Gasteiger partial charge in [-0.2, -0.15) is 0 Å². The van der Waals surface area contributed by atoms with Gasteiger partial charge in [-0.3, -0.25) is 0 Å². The van der Waals surface area contributed by atoms with E-state index in [1.54, 1.807) is 0 Å². The Labute approximate surface area is 125 Å². The fraction of sp³-hybridized carbons (Fsp3) is 0.143. The monoisotopic (exact) mass is 343 g/mol. The molecule has 124 valence electrons. The average Bonchev–Trinajstić information content (AvgIpc) is 2.38. The van der Waals surface area contributed by atoms with E-state index >= 15 is 0 Å². The molecule has 0 aliphatic carbocycles. The van der Waals surface area contributed by atoms with Gasteiger partial charge in [0, 0.05) is 13.1 Å². The number of halogens is 6. The number of benzene rings is 2. The van der Waals surface area contributed by atoms with Gasteiger partial charge < -0.3 is 5.32 Å². The molecule has 1 N–H and O–H groups in total. The van der Waals surface area contributed by atoms with Crippen molar-refractivity contribution in [3.8, 4) is 0 Å². The van der Waals surface area contributed by atoms with Crippen molar-refractivity contribution in [1.82, 2.24) is 5.32 Å². The van der Waals surface area contributed by atoms with E-state index in [9.17, 15) is 25.2 Å². The van der Waals surface area contributed by atoms with E-state index in [1.165, 1.54) is 11.1 Å². The Kier molecular flexibility index (Phi) is 5.25. The molecule has 0 bridgehead atoms. The maximum absolute atomic E-state index is 10.7. The number of hydrogen-bond acceptors (Lipinski definition) is 1. The summed E-state index contributed by atoms with van der Waals surface area (Å²) in [7, 11) is -10.7. The van der Waals surface area contributed by atoms with Gasteiger partial charge in [0.1, 0.15) is 0 Å². The van der Waals surface area contributed by atoms with Crippen molar-refractivity contribution in [2.75, 3.05) is 0 Å². The third-order valence-electron chi connectivity index (χ3n) is 2.34. The van der Waals surface area contributed by atoms with Crippen molar-refractivity contribution in [3.05, 3.63) is 71.8 Å². The van der Waals surface area contributed by atoms with E-state index in [0.29, 0.717) is 0 Å². The Morgan fingerprint density at radius 1 is 0.636 bits per heavy atom. The summed E-state index contributed by atoms with van der Waals surface area (Å²) in [5.74, 6) is 0. The van der Waals surface area contributed by atoms with Crippen LogP contribution in [0, 0.1) is 0 Å². The van der Waals surface area contributed by atoms with Gasteiger partial charge >= 0.3 is 34.4 Å². The molecule has 8 heteroatoms. The normalized spacial score (nSPS) is 14.3. The van der Waals surface area contributed by atoms with Crippen LogP contribution in [0.4, 0.5) is 25.2 Å². The fourth-order valence-electron chi connectivity index (χ4n) is 1.54.